The Morgan fingerprint density at radius 3 is 2.64 bits per heavy atom. The molecule has 0 atom stereocenters. The van der Waals surface area contributed by atoms with Gasteiger partial charge in [0.2, 0.25) is 0 Å². The van der Waals surface area contributed by atoms with Gasteiger partial charge in [-0.3, -0.25) is 0 Å². The van der Waals surface area contributed by atoms with Crippen LogP contribution < -0.4 is 5.73 Å². The quantitative estimate of drug-likeness (QED) is 0.793. The molecule has 0 unspecified atom stereocenters. The Labute approximate surface area is 143 Å². The highest BCUT2D eigenvalue weighted by Crippen LogP contribution is 2.39. The topological polar surface area (TPSA) is 82.8 Å². The zero-order valence-electron chi connectivity index (χ0n) is 13.7. The van der Waals surface area contributed by atoms with E-state index in [0.29, 0.717) is 11.7 Å². The van der Waals surface area contributed by atoms with E-state index in [9.17, 15) is 4.39 Å². The average molecular weight is 339 g/mol. The molecule has 0 amide bonds. The molecule has 3 aromatic rings. The van der Waals surface area contributed by atoms with Gasteiger partial charge in [0.05, 0.1) is 11.2 Å². The van der Waals surface area contributed by atoms with Crippen molar-refractivity contribution in [3.8, 4) is 17.3 Å². The van der Waals surface area contributed by atoms with Gasteiger partial charge >= 0.3 is 0 Å². The van der Waals surface area contributed by atoms with Gasteiger partial charge in [0, 0.05) is 11.3 Å². The van der Waals surface area contributed by atoms with Gasteiger partial charge in [0.25, 0.3) is 5.89 Å². The van der Waals surface area contributed by atoms with Crippen LogP contribution in [0.25, 0.3) is 17.3 Å². The first kappa shape index (κ1) is 14.8. The molecule has 0 spiro atoms. The van der Waals surface area contributed by atoms with Crippen LogP contribution in [0.2, 0.25) is 0 Å². The molecule has 2 heterocycles. The molecule has 1 saturated carbocycles. The molecule has 128 valence electrons. The summed E-state index contributed by atoms with van der Waals surface area (Å²) in [6, 6.07) is 6.34. The monoisotopic (exact) mass is 339 g/mol. The second-order valence-corrected chi connectivity index (χ2v) is 6.95. The second-order valence-electron chi connectivity index (χ2n) is 6.95. The van der Waals surface area contributed by atoms with Crippen LogP contribution in [0.4, 0.5) is 4.39 Å². The van der Waals surface area contributed by atoms with Crippen molar-refractivity contribution in [2.24, 2.45) is 5.73 Å². The number of halogens is 1. The number of rotatable bonds is 3. The van der Waals surface area contributed by atoms with Crippen LogP contribution in [0.1, 0.15) is 42.8 Å². The Kier molecular flexibility index (Phi) is 3.09. The highest BCUT2D eigenvalue weighted by Gasteiger charge is 2.39. The van der Waals surface area contributed by atoms with Gasteiger partial charge in [-0.05, 0) is 62.8 Å². The number of fused-ring (bicyclic) bond motifs is 1. The molecular weight excluding hydrogens is 321 g/mol. The molecule has 2 N–H and O–H groups in total. The van der Waals surface area contributed by atoms with E-state index in [-0.39, 0.29) is 5.82 Å². The molecule has 1 fully saturated rings. The van der Waals surface area contributed by atoms with E-state index in [1.54, 1.807) is 12.1 Å². The van der Waals surface area contributed by atoms with E-state index in [1.165, 1.54) is 12.1 Å². The molecular formula is C18H18FN5O. The van der Waals surface area contributed by atoms with Crippen molar-refractivity contribution in [1.29, 1.82) is 0 Å². The first-order valence-electron chi connectivity index (χ1n) is 8.64. The maximum absolute atomic E-state index is 13.2. The van der Waals surface area contributed by atoms with Gasteiger partial charge in [-0.1, -0.05) is 5.16 Å². The Morgan fingerprint density at radius 2 is 1.92 bits per heavy atom. The van der Waals surface area contributed by atoms with Crippen LogP contribution in [0.5, 0.6) is 0 Å². The highest BCUT2D eigenvalue weighted by atomic mass is 19.1. The van der Waals surface area contributed by atoms with Crippen LogP contribution in [-0.2, 0) is 18.4 Å². The van der Waals surface area contributed by atoms with Crippen LogP contribution in [-0.4, -0.2) is 19.9 Å². The molecule has 5 rings (SSSR count). The van der Waals surface area contributed by atoms with Crippen LogP contribution in [0.15, 0.2) is 28.8 Å². The zero-order valence-corrected chi connectivity index (χ0v) is 13.7. The molecule has 0 saturated heterocycles. The fourth-order valence-corrected chi connectivity index (χ4v) is 3.71. The molecule has 2 aromatic heterocycles. The third-order valence-corrected chi connectivity index (χ3v) is 5.32. The third kappa shape index (κ3) is 2.22. The Balaban J connectivity index is 1.58. The SMILES string of the molecule is NC1(c2noc(-c3nn(-c4ccc(F)cc4)c4c3CCC4)n2)CCC1. The summed E-state index contributed by atoms with van der Waals surface area (Å²) >= 11 is 0. The largest absolute Gasteiger partial charge is 0.332 e. The summed E-state index contributed by atoms with van der Waals surface area (Å²) in [7, 11) is 0. The van der Waals surface area contributed by atoms with Crippen molar-refractivity contribution in [3.05, 3.63) is 47.2 Å². The number of hydrogen-bond acceptors (Lipinski definition) is 5. The summed E-state index contributed by atoms with van der Waals surface area (Å²) in [6.07, 6.45) is 5.78. The highest BCUT2D eigenvalue weighted by molar-refractivity contribution is 5.58. The smallest absolute Gasteiger partial charge is 0.278 e. The summed E-state index contributed by atoms with van der Waals surface area (Å²) in [5.74, 6) is 0.727. The van der Waals surface area contributed by atoms with Crippen molar-refractivity contribution >= 4 is 0 Å². The number of nitrogens with zero attached hydrogens (tertiary/aromatic N) is 4. The summed E-state index contributed by atoms with van der Waals surface area (Å²) in [6.45, 7) is 0. The maximum Gasteiger partial charge on any atom is 0.278 e. The number of nitrogens with two attached hydrogens (primary N) is 1. The van der Waals surface area contributed by atoms with Crippen molar-refractivity contribution in [2.45, 2.75) is 44.1 Å². The summed E-state index contributed by atoms with van der Waals surface area (Å²) in [5, 5.41) is 8.79. The van der Waals surface area contributed by atoms with Gasteiger partial charge in [0.1, 0.15) is 5.82 Å². The van der Waals surface area contributed by atoms with Crippen molar-refractivity contribution in [1.82, 2.24) is 19.9 Å². The normalized spacial score (nSPS) is 18.2. The summed E-state index contributed by atoms with van der Waals surface area (Å²) in [5.41, 5.74) is 9.66. The van der Waals surface area contributed by atoms with E-state index < -0.39 is 5.54 Å². The number of benzene rings is 1. The van der Waals surface area contributed by atoms with Gasteiger partial charge in [0.15, 0.2) is 11.5 Å². The van der Waals surface area contributed by atoms with Crippen LogP contribution in [0.3, 0.4) is 0 Å². The lowest BCUT2D eigenvalue weighted by atomic mass is 9.77. The van der Waals surface area contributed by atoms with Crippen LogP contribution in [0, 0.1) is 5.82 Å². The van der Waals surface area contributed by atoms with Crippen LogP contribution >= 0.6 is 0 Å². The van der Waals surface area contributed by atoms with Gasteiger partial charge in [-0.15, -0.1) is 0 Å². The van der Waals surface area contributed by atoms with E-state index in [0.717, 1.165) is 61.2 Å². The lowest BCUT2D eigenvalue weighted by molar-refractivity contribution is 0.229. The Morgan fingerprint density at radius 1 is 1.12 bits per heavy atom. The van der Waals surface area contributed by atoms with E-state index in [1.807, 2.05) is 4.68 Å². The van der Waals surface area contributed by atoms with Gasteiger partial charge < -0.3 is 10.3 Å². The Hall–Kier alpha value is -2.54. The summed E-state index contributed by atoms with van der Waals surface area (Å²) in [4.78, 5) is 4.53. The summed E-state index contributed by atoms with van der Waals surface area (Å²) < 4.78 is 20.6. The maximum atomic E-state index is 13.2. The molecule has 2 aliphatic rings. The van der Waals surface area contributed by atoms with E-state index in [2.05, 4.69) is 10.1 Å². The number of aromatic nitrogens is 4. The predicted octanol–water partition coefficient (Wildman–Crippen LogP) is 2.89. The minimum absolute atomic E-state index is 0.261. The molecule has 7 heteroatoms. The molecule has 0 bridgehead atoms. The molecule has 0 aliphatic heterocycles. The standard InChI is InChI=1S/C18H18FN5O/c19-11-5-7-12(8-6-11)24-14-4-1-3-13(14)15(22-24)16-21-17(23-25-16)18(20)9-2-10-18/h5-8H,1-4,9-10,20H2. The number of hydrogen-bond donors (Lipinski definition) is 1. The molecule has 2 aliphatic carbocycles. The van der Waals surface area contributed by atoms with Gasteiger partial charge in [-0.2, -0.15) is 10.1 Å². The molecule has 25 heavy (non-hydrogen) atoms. The average Bonchev–Trinajstić information content (AvgIpc) is 3.29. The fraction of sp³-hybridized carbons (Fsp3) is 0.389. The van der Waals surface area contributed by atoms with Crippen molar-refractivity contribution < 1.29 is 8.91 Å². The van der Waals surface area contributed by atoms with Crippen molar-refractivity contribution in [3.63, 3.8) is 0 Å². The molecule has 6 nitrogen and oxygen atoms in total. The lowest BCUT2D eigenvalue weighted by Crippen LogP contribution is -2.44. The second kappa shape index (κ2) is 5.23. The lowest BCUT2D eigenvalue weighted by Gasteiger charge is -2.34. The van der Waals surface area contributed by atoms with Gasteiger partial charge in [-0.25, -0.2) is 9.07 Å². The van der Waals surface area contributed by atoms with E-state index >= 15 is 0 Å². The third-order valence-electron chi connectivity index (χ3n) is 5.32. The minimum atomic E-state index is -0.454. The predicted molar refractivity (Wildman–Crippen MR) is 88.6 cm³/mol. The first-order valence-corrected chi connectivity index (χ1v) is 8.64. The molecule has 0 radical (unpaired) electrons. The Bertz CT molecular complexity index is 939. The first-order chi connectivity index (χ1) is 12.1. The van der Waals surface area contributed by atoms with E-state index in [4.69, 9.17) is 15.4 Å². The zero-order chi connectivity index (χ0) is 17.0. The fourth-order valence-electron chi connectivity index (χ4n) is 3.71. The molecule has 1 aromatic carbocycles. The minimum Gasteiger partial charge on any atom is -0.332 e. The van der Waals surface area contributed by atoms with Crippen molar-refractivity contribution in [2.75, 3.05) is 0 Å².